The van der Waals surface area contributed by atoms with Crippen molar-refractivity contribution in [2.24, 2.45) is 11.7 Å². The van der Waals surface area contributed by atoms with Gasteiger partial charge in [0.05, 0.1) is 20.3 Å². The van der Waals surface area contributed by atoms with E-state index in [4.69, 9.17) is 15.2 Å². The van der Waals surface area contributed by atoms with E-state index in [1.807, 2.05) is 18.2 Å². The maximum atomic E-state index is 11.5. The van der Waals surface area contributed by atoms with Crippen molar-refractivity contribution in [1.29, 1.82) is 0 Å². The van der Waals surface area contributed by atoms with Gasteiger partial charge in [0.2, 0.25) is 5.91 Å². The Bertz CT molecular complexity index is 533. The van der Waals surface area contributed by atoms with Crippen molar-refractivity contribution in [1.82, 2.24) is 10.6 Å². The molecule has 1 aliphatic heterocycles. The minimum absolute atomic E-state index is 0.114. The van der Waals surface area contributed by atoms with Gasteiger partial charge in [-0.25, -0.2) is 4.79 Å². The summed E-state index contributed by atoms with van der Waals surface area (Å²) in [4.78, 5) is 22.0. The van der Waals surface area contributed by atoms with E-state index in [0.717, 1.165) is 23.5 Å². The summed E-state index contributed by atoms with van der Waals surface area (Å²) in [7, 11) is 1.61. The van der Waals surface area contributed by atoms with Gasteiger partial charge in [-0.05, 0) is 18.1 Å². The van der Waals surface area contributed by atoms with Crippen LogP contribution in [0.15, 0.2) is 18.2 Å². The summed E-state index contributed by atoms with van der Waals surface area (Å²) < 4.78 is 10.8. The Labute approximate surface area is 122 Å². The summed E-state index contributed by atoms with van der Waals surface area (Å²) in [6.07, 6.45) is 0.822. The van der Waals surface area contributed by atoms with Crippen LogP contribution in [0.5, 0.6) is 11.5 Å². The molecule has 0 fully saturated rings. The number of ether oxygens (including phenoxy) is 2. The number of urea groups is 1. The Morgan fingerprint density at radius 2 is 2.24 bits per heavy atom. The summed E-state index contributed by atoms with van der Waals surface area (Å²) in [5.41, 5.74) is 5.99. The van der Waals surface area contributed by atoms with Crippen LogP contribution in [0, 0.1) is 5.92 Å². The number of hydrogen-bond acceptors (Lipinski definition) is 4. The van der Waals surface area contributed by atoms with Crippen LogP contribution in [0.1, 0.15) is 5.56 Å². The van der Waals surface area contributed by atoms with Gasteiger partial charge >= 0.3 is 6.03 Å². The van der Waals surface area contributed by atoms with Crippen molar-refractivity contribution >= 4 is 11.9 Å². The van der Waals surface area contributed by atoms with Gasteiger partial charge in [-0.1, -0.05) is 6.07 Å². The number of amides is 3. The third-order valence-corrected chi connectivity index (χ3v) is 3.27. The molecule has 0 spiro atoms. The minimum atomic E-state index is -0.714. The largest absolute Gasteiger partial charge is 0.497 e. The Hall–Kier alpha value is -2.44. The van der Waals surface area contributed by atoms with Crippen molar-refractivity contribution in [3.8, 4) is 11.5 Å². The van der Waals surface area contributed by atoms with Gasteiger partial charge in [-0.3, -0.25) is 4.79 Å². The van der Waals surface area contributed by atoms with Crippen LogP contribution in [0.25, 0.3) is 0 Å². The minimum Gasteiger partial charge on any atom is -0.497 e. The van der Waals surface area contributed by atoms with Crippen molar-refractivity contribution in [2.75, 3.05) is 26.8 Å². The van der Waals surface area contributed by atoms with Gasteiger partial charge in [0, 0.05) is 18.5 Å². The van der Waals surface area contributed by atoms with Crippen LogP contribution < -0.4 is 25.8 Å². The molecule has 0 saturated heterocycles. The molecule has 1 unspecified atom stereocenters. The number of carbonyl (C=O) groups excluding carboxylic acids is 2. The van der Waals surface area contributed by atoms with Crippen molar-refractivity contribution in [2.45, 2.75) is 6.42 Å². The first-order valence-corrected chi connectivity index (χ1v) is 6.68. The average Bonchev–Trinajstić information content (AvgIpc) is 2.50. The second-order valence-electron chi connectivity index (χ2n) is 4.88. The zero-order valence-corrected chi connectivity index (χ0v) is 11.8. The highest BCUT2D eigenvalue weighted by Crippen LogP contribution is 2.30. The standard InChI is InChI=1S/C14H19N3O4/c1-20-11-3-2-10-4-9(8-21-12(10)5-11)6-16-13(18)7-17-14(15)19/h2-3,5,9H,4,6-8H2,1H3,(H,16,18)(H3,15,17,19). The van der Waals surface area contributed by atoms with Crippen LogP contribution in [-0.4, -0.2) is 38.7 Å². The van der Waals surface area contributed by atoms with Crippen LogP contribution in [0.4, 0.5) is 4.79 Å². The molecule has 7 nitrogen and oxygen atoms in total. The quantitative estimate of drug-likeness (QED) is 0.712. The van der Waals surface area contributed by atoms with E-state index in [9.17, 15) is 9.59 Å². The average molecular weight is 293 g/mol. The molecule has 0 radical (unpaired) electrons. The summed E-state index contributed by atoms with van der Waals surface area (Å²) in [6, 6.07) is 5.01. The van der Waals surface area contributed by atoms with Gasteiger partial charge in [-0.15, -0.1) is 0 Å². The zero-order valence-electron chi connectivity index (χ0n) is 11.8. The smallest absolute Gasteiger partial charge is 0.312 e. The van der Waals surface area contributed by atoms with Gasteiger partial charge < -0.3 is 25.8 Å². The Morgan fingerprint density at radius 3 is 2.95 bits per heavy atom. The van der Waals surface area contributed by atoms with Gasteiger partial charge in [0.1, 0.15) is 11.5 Å². The first-order valence-electron chi connectivity index (χ1n) is 6.68. The van der Waals surface area contributed by atoms with Gasteiger partial charge in [-0.2, -0.15) is 0 Å². The summed E-state index contributed by atoms with van der Waals surface area (Å²) in [6.45, 7) is 0.908. The van der Waals surface area contributed by atoms with Crippen LogP contribution in [0.3, 0.4) is 0 Å². The highest BCUT2D eigenvalue weighted by atomic mass is 16.5. The molecule has 0 bridgehead atoms. The van der Waals surface area contributed by atoms with E-state index in [1.165, 1.54) is 0 Å². The molecule has 1 atom stereocenters. The van der Waals surface area contributed by atoms with Gasteiger partial charge in [0.15, 0.2) is 0 Å². The second-order valence-corrected chi connectivity index (χ2v) is 4.88. The fourth-order valence-electron chi connectivity index (χ4n) is 2.16. The number of primary amides is 1. The summed E-state index contributed by atoms with van der Waals surface area (Å²) in [5.74, 6) is 1.52. The topological polar surface area (TPSA) is 103 Å². The highest BCUT2D eigenvalue weighted by Gasteiger charge is 2.20. The van der Waals surface area contributed by atoms with E-state index in [2.05, 4.69) is 10.6 Å². The first-order chi connectivity index (χ1) is 10.1. The van der Waals surface area contributed by atoms with Crippen LogP contribution >= 0.6 is 0 Å². The Balaban J connectivity index is 1.82. The lowest BCUT2D eigenvalue weighted by molar-refractivity contribution is -0.120. The molecule has 1 heterocycles. The molecule has 21 heavy (non-hydrogen) atoms. The molecule has 0 aliphatic carbocycles. The molecule has 3 amide bonds. The third-order valence-electron chi connectivity index (χ3n) is 3.27. The predicted octanol–water partition coefficient (Wildman–Crippen LogP) is 0.0308. The normalized spacial score (nSPS) is 16.3. The molecule has 4 N–H and O–H groups in total. The lowest BCUT2D eigenvalue weighted by Crippen LogP contribution is -2.42. The van der Waals surface area contributed by atoms with E-state index in [-0.39, 0.29) is 18.4 Å². The van der Waals surface area contributed by atoms with E-state index >= 15 is 0 Å². The number of rotatable bonds is 5. The van der Waals surface area contributed by atoms with Gasteiger partial charge in [0.25, 0.3) is 0 Å². The van der Waals surface area contributed by atoms with Crippen LogP contribution in [0.2, 0.25) is 0 Å². The number of nitrogens with two attached hydrogens (primary N) is 1. The lowest BCUT2D eigenvalue weighted by Gasteiger charge is -2.25. The molecule has 7 heteroatoms. The molecule has 114 valence electrons. The van der Waals surface area contributed by atoms with E-state index in [1.54, 1.807) is 7.11 Å². The SMILES string of the molecule is COc1ccc2c(c1)OCC(CNC(=O)CNC(N)=O)C2. The van der Waals surface area contributed by atoms with E-state index < -0.39 is 6.03 Å². The van der Waals surface area contributed by atoms with Crippen LogP contribution in [-0.2, 0) is 11.2 Å². The van der Waals surface area contributed by atoms with Crippen molar-refractivity contribution < 1.29 is 19.1 Å². The molecule has 1 aromatic rings. The maximum absolute atomic E-state index is 11.5. The maximum Gasteiger partial charge on any atom is 0.312 e. The molecule has 0 saturated carbocycles. The Morgan fingerprint density at radius 1 is 1.43 bits per heavy atom. The van der Waals surface area contributed by atoms with Crippen molar-refractivity contribution in [3.63, 3.8) is 0 Å². The number of nitrogens with one attached hydrogen (secondary N) is 2. The number of fused-ring (bicyclic) bond motifs is 1. The molecule has 1 aliphatic rings. The monoisotopic (exact) mass is 293 g/mol. The van der Waals surface area contributed by atoms with Crippen molar-refractivity contribution in [3.05, 3.63) is 23.8 Å². The van der Waals surface area contributed by atoms with E-state index in [0.29, 0.717) is 13.2 Å². The predicted molar refractivity (Wildman–Crippen MR) is 76.3 cm³/mol. The fourth-order valence-corrected chi connectivity index (χ4v) is 2.16. The molecular weight excluding hydrogens is 274 g/mol. The summed E-state index contributed by atoms with van der Waals surface area (Å²) in [5, 5.41) is 4.99. The second kappa shape index (κ2) is 6.83. The number of carbonyl (C=O) groups is 2. The summed E-state index contributed by atoms with van der Waals surface area (Å²) >= 11 is 0. The molecule has 0 aromatic heterocycles. The Kier molecular flexibility index (Phi) is 4.86. The highest BCUT2D eigenvalue weighted by molar-refractivity contribution is 5.83. The number of benzene rings is 1. The molecular formula is C14H19N3O4. The fraction of sp³-hybridized carbons (Fsp3) is 0.429. The number of hydrogen-bond donors (Lipinski definition) is 3. The third kappa shape index (κ3) is 4.27. The number of methoxy groups -OCH3 is 1. The molecule has 2 rings (SSSR count). The zero-order chi connectivity index (χ0) is 15.2. The molecule has 1 aromatic carbocycles. The lowest BCUT2D eigenvalue weighted by atomic mass is 9.96. The first kappa shape index (κ1) is 15.0.